The fourth-order valence-electron chi connectivity index (χ4n) is 2.14. The molecule has 6 nitrogen and oxygen atoms in total. The second-order valence-electron chi connectivity index (χ2n) is 5.12. The largest absolute Gasteiger partial charge is 0.494 e. The van der Waals surface area contributed by atoms with E-state index in [1.165, 1.54) is 25.4 Å². The molecule has 2 rings (SSSR count). The average molecular weight is 328 g/mol. The highest BCUT2D eigenvalue weighted by molar-refractivity contribution is 5.94. The van der Waals surface area contributed by atoms with Gasteiger partial charge < -0.3 is 14.8 Å². The predicted octanol–water partition coefficient (Wildman–Crippen LogP) is 2.76. The summed E-state index contributed by atoms with van der Waals surface area (Å²) in [6.07, 6.45) is 1.32. The lowest BCUT2D eigenvalue weighted by Gasteiger charge is -2.14. The highest BCUT2D eigenvalue weighted by Gasteiger charge is 2.14. The molecule has 0 bridgehead atoms. The zero-order valence-electron chi connectivity index (χ0n) is 13.9. The number of carbonyl (C=O) groups excluding carboxylic acids is 2. The maximum absolute atomic E-state index is 12.2. The highest BCUT2D eigenvalue weighted by atomic mass is 16.5. The molecule has 1 amide bonds. The Kier molecular flexibility index (Phi) is 5.89. The summed E-state index contributed by atoms with van der Waals surface area (Å²) >= 11 is 0. The van der Waals surface area contributed by atoms with E-state index in [1.54, 1.807) is 0 Å². The first-order valence-corrected chi connectivity index (χ1v) is 7.63. The standard InChI is InChI=1S/C18H20N2O4/c1-4-24-15-8-5-13(6-9-15)12(2)20-17(21)16-10-7-14(11-19-16)18(22)23-3/h5-12H,4H2,1-3H3,(H,20,21). The van der Waals surface area contributed by atoms with Crippen molar-refractivity contribution in [3.05, 3.63) is 59.4 Å². The molecule has 1 N–H and O–H groups in total. The van der Waals surface area contributed by atoms with Gasteiger partial charge in [-0.25, -0.2) is 4.79 Å². The maximum Gasteiger partial charge on any atom is 0.339 e. The molecule has 0 aliphatic heterocycles. The monoisotopic (exact) mass is 328 g/mol. The number of nitrogens with one attached hydrogen (secondary N) is 1. The van der Waals surface area contributed by atoms with Crippen LogP contribution in [0.3, 0.4) is 0 Å². The summed E-state index contributed by atoms with van der Waals surface area (Å²) in [5.41, 5.74) is 1.49. The Balaban J connectivity index is 2.01. The number of benzene rings is 1. The number of aromatic nitrogens is 1. The molecule has 0 saturated carbocycles. The van der Waals surface area contributed by atoms with Crippen LogP contribution < -0.4 is 10.1 Å². The van der Waals surface area contributed by atoms with Crippen LogP contribution in [0, 0.1) is 0 Å². The first kappa shape index (κ1) is 17.5. The number of carbonyl (C=O) groups is 2. The third kappa shape index (κ3) is 4.32. The van der Waals surface area contributed by atoms with Crippen molar-refractivity contribution >= 4 is 11.9 Å². The van der Waals surface area contributed by atoms with Crippen molar-refractivity contribution in [1.29, 1.82) is 0 Å². The fraction of sp³-hybridized carbons (Fsp3) is 0.278. The summed E-state index contributed by atoms with van der Waals surface area (Å²) in [6, 6.07) is 10.4. The molecule has 24 heavy (non-hydrogen) atoms. The quantitative estimate of drug-likeness (QED) is 0.825. The molecule has 0 fully saturated rings. The van der Waals surface area contributed by atoms with Gasteiger partial charge in [-0.15, -0.1) is 0 Å². The Morgan fingerprint density at radius 2 is 1.88 bits per heavy atom. The van der Waals surface area contributed by atoms with E-state index in [4.69, 9.17) is 4.74 Å². The maximum atomic E-state index is 12.2. The molecule has 1 aromatic carbocycles. The Morgan fingerprint density at radius 3 is 2.42 bits per heavy atom. The van der Waals surface area contributed by atoms with Crippen molar-refractivity contribution in [2.45, 2.75) is 19.9 Å². The van der Waals surface area contributed by atoms with Crippen LogP contribution in [0.15, 0.2) is 42.6 Å². The van der Waals surface area contributed by atoms with Crippen LogP contribution in [0.1, 0.15) is 46.3 Å². The number of nitrogens with zero attached hydrogens (tertiary/aromatic N) is 1. The SMILES string of the molecule is CCOc1ccc(C(C)NC(=O)c2ccc(C(=O)OC)cn2)cc1. The molecule has 1 atom stereocenters. The lowest BCUT2D eigenvalue weighted by molar-refractivity contribution is 0.0599. The van der Waals surface area contributed by atoms with E-state index >= 15 is 0 Å². The summed E-state index contributed by atoms with van der Waals surface area (Å²) < 4.78 is 9.99. The van der Waals surface area contributed by atoms with Gasteiger partial charge in [0.05, 0.1) is 25.3 Å². The Morgan fingerprint density at radius 1 is 1.17 bits per heavy atom. The summed E-state index contributed by atoms with van der Waals surface area (Å²) in [4.78, 5) is 27.6. The number of hydrogen-bond acceptors (Lipinski definition) is 5. The fourth-order valence-corrected chi connectivity index (χ4v) is 2.14. The van der Waals surface area contributed by atoms with Gasteiger partial charge in [-0.2, -0.15) is 0 Å². The molecule has 1 unspecified atom stereocenters. The van der Waals surface area contributed by atoms with Gasteiger partial charge >= 0.3 is 5.97 Å². The first-order chi connectivity index (χ1) is 11.5. The second kappa shape index (κ2) is 8.10. The van der Waals surface area contributed by atoms with Crippen molar-refractivity contribution in [3.8, 4) is 5.75 Å². The van der Waals surface area contributed by atoms with Crippen LogP contribution in [0.2, 0.25) is 0 Å². The Labute approximate surface area is 140 Å². The van der Waals surface area contributed by atoms with Crippen molar-refractivity contribution in [2.75, 3.05) is 13.7 Å². The van der Waals surface area contributed by atoms with Gasteiger partial charge in [0.1, 0.15) is 11.4 Å². The van der Waals surface area contributed by atoms with Crippen molar-refractivity contribution in [2.24, 2.45) is 0 Å². The minimum absolute atomic E-state index is 0.185. The number of rotatable bonds is 6. The predicted molar refractivity (Wildman–Crippen MR) is 89.1 cm³/mol. The molecular formula is C18H20N2O4. The molecule has 0 aliphatic rings. The number of esters is 1. The summed E-state index contributed by atoms with van der Waals surface area (Å²) in [6.45, 7) is 4.42. The lowest BCUT2D eigenvalue weighted by Crippen LogP contribution is -2.27. The van der Waals surface area contributed by atoms with E-state index < -0.39 is 5.97 Å². The molecule has 0 spiro atoms. The van der Waals surface area contributed by atoms with Crippen molar-refractivity contribution < 1.29 is 19.1 Å². The second-order valence-corrected chi connectivity index (χ2v) is 5.12. The number of hydrogen-bond donors (Lipinski definition) is 1. The zero-order chi connectivity index (χ0) is 17.5. The van der Waals surface area contributed by atoms with E-state index in [9.17, 15) is 9.59 Å². The van der Waals surface area contributed by atoms with Gasteiger partial charge in [0, 0.05) is 6.20 Å². The molecule has 1 aromatic heterocycles. The van der Waals surface area contributed by atoms with Gasteiger partial charge in [-0.3, -0.25) is 9.78 Å². The van der Waals surface area contributed by atoms with Crippen LogP contribution >= 0.6 is 0 Å². The van der Waals surface area contributed by atoms with Crippen molar-refractivity contribution in [3.63, 3.8) is 0 Å². The number of pyridine rings is 1. The number of amides is 1. The molecule has 0 radical (unpaired) electrons. The van der Waals surface area contributed by atoms with Gasteiger partial charge in [0.15, 0.2) is 0 Å². The molecule has 1 heterocycles. The van der Waals surface area contributed by atoms with E-state index in [0.29, 0.717) is 12.2 Å². The normalized spacial score (nSPS) is 11.5. The highest BCUT2D eigenvalue weighted by Crippen LogP contribution is 2.18. The van der Waals surface area contributed by atoms with Crippen LogP contribution in [-0.2, 0) is 4.74 Å². The third-order valence-electron chi connectivity index (χ3n) is 3.46. The van der Waals surface area contributed by atoms with Crippen LogP contribution in [0.4, 0.5) is 0 Å². The van der Waals surface area contributed by atoms with Crippen molar-refractivity contribution in [1.82, 2.24) is 10.3 Å². The number of methoxy groups -OCH3 is 1. The molecule has 6 heteroatoms. The smallest absolute Gasteiger partial charge is 0.339 e. The molecule has 126 valence electrons. The van der Waals surface area contributed by atoms with Crippen LogP contribution in [0.25, 0.3) is 0 Å². The topological polar surface area (TPSA) is 77.5 Å². The van der Waals surface area contributed by atoms with E-state index in [-0.39, 0.29) is 17.6 Å². The van der Waals surface area contributed by atoms with Gasteiger partial charge in [0.2, 0.25) is 0 Å². The molecule has 0 saturated heterocycles. The Hall–Kier alpha value is -2.89. The van der Waals surface area contributed by atoms with Crippen LogP contribution in [0.5, 0.6) is 5.75 Å². The summed E-state index contributed by atoms with van der Waals surface area (Å²) in [5.74, 6) is -0.00939. The van der Waals surface area contributed by atoms with Gasteiger partial charge in [0.25, 0.3) is 5.91 Å². The van der Waals surface area contributed by atoms with Crippen LogP contribution in [-0.4, -0.2) is 30.6 Å². The van der Waals surface area contributed by atoms with E-state index in [2.05, 4.69) is 15.0 Å². The zero-order valence-corrected chi connectivity index (χ0v) is 13.9. The average Bonchev–Trinajstić information content (AvgIpc) is 2.62. The van der Waals surface area contributed by atoms with E-state index in [1.807, 2.05) is 38.1 Å². The molecule has 2 aromatic rings. The minimum atomic E-state index is -0.489. The third-order valence-corrected chi connectivity index (χ3v) is 3.46. The van der Waals surface area contributed by atoms with E-state index in [0.717, 1.165) is 11.3 Å². The Bertz CT molecular complexity index is 696. The number of ether oxygens (including phenoxy) is 2. The molecule has 0 aliphatic carbocycles. The van der Waals surface area contributed by atoms with Gasteiger partial charge in [-0.1, -0.05) is 12.1 Å². The molecular weight excluding hydrogens is 308 g/mol. The van der Waals surface area contributed by atoms with Gasteiger partial charge in [-0.05, 0) is 43.7 Å². The lowest BCUT2D eigenvalue weighted by atomic mass is 10.1. The summed E-state index contributed by atoms with van der Waals surface area (Å²) in [7, 11) is 1.29. The minimum Gasteiger partial charge on any atom is -0.494 e. The summed E-state index contributed by atoms with van der Waals surface area (Å²) in [5, 5.41) is 2.87. The first-order valence-electron chi connectivity index (χ1n) is 7.63.